The highest BCUT2D eigenvalue weighted by Gasteiger charge is 2.47. The third-order valence-corrected chi connectivity index (χ3v) is 10.9. The predicted octanol–water partition coefficient (Wildman–Crippen LogP) is 9.09. The standard InChI is InChI=1S/C42H53NO8/c1-27(2)41(26-50-25-31-9-17-35(48-6)18-10-31)39-20-28(3)19-38-37(29(4)23-49-24-30-7-15-34(47-5)16-8-30)21-36(22-40(38)39)51-42(44)32-11-13-33(14-12-32)43(45)46/h7-19,27,29,36-41H,20-26H2,1-6H3/t29-,36-,37+,38-,39-,40+,41-/m1/s1. The number of nitro groups is 1. The lowest BCUT2D eigenvalue weighted by molar-refractivity contribution is -0.384. The first-order chi connectivity index (χ1) is 24.6. The van der Waals surface area contributed by atoms with Crippen LogP contribution < -0.4 is 9.47 Å². The van der Waals surface area contributed by atoms with Gasteiger partial charge < -0.3 is 23.7 Å². The Balaban J connectivity index is 1.34. The number of nitro benzene ring substituents is 1. The second kappa shape index (κ2) is 17.8. The Labute approximate surface area is 302 Å². The van der Waals surface area contributed by atoms with Crippen LogP contribution in [0.25, 0.3) is 0 Å². The van der Waals surface area contributed by atoms with Crippen LogP contribution in [-0.4, -0.2) is 44.4 Å². The molecule has 1 saturated carbocycles. The Morgan fingerprint density at radius 1 is 0.804 bits per heavy atom. The monoisotopic (exact) mass is 699 g/mol. The van der Waals surface area contributed by atoms with Crippen LogP contribution in [0.5, 0.6) is 11.5 Å². The molecule has 2 aliphatic carbocycles. The first kappa shape index (κ1) is 38.0. The molecule has 9 heteroatoms. The van der Waals surface area contributed by atoms with E-state index in [0.29, 0.717) is 61.6 Å². The fourth-order valence-corrected chi connectivity index (χ4v) is 8.13. The van der Waals surface area contributed by atoms with Gasteiger partial charge in [0.2, 0.25) is 0 Å². The number of hydrogen-bond acceptors (Lipinski definition) is 8. The highest BCUT2D eigenvalue weighted by atomic mass is 16.6. The highest BCUT2D eigenvalue weighted by Crippen LogP contribution is 2.52. The lowest BCUT2D eigenvalue weighted by atomic mass is 9.56. The molecule has 0 bridgehead atoms. The number of carbonyl (C=O) groups is 1. The van der Waals surface area contributed by atoms with Crippen molar-refractivity contribution in [3.8, 4) is 11.5 Å². The summed E-state index contributed by atoms with van der Waals surface area (Å²) in [4.78, 5) is 24.2. The number of hydrogen-bond donors (Lipinski definition) is 0. The summed E-state index contributed by atoms with van der Waals surface area (Å²) >= 11 is 0. The molecule has 0 aromatic heterocycles. The third-order valence-electron chi connectivity index (χ3n) is 10.9. The van der Waals surface area contributed by atoms with E-state index in [1.807, 2.05) is 48.5 Å². The zero-order valence-electron chi connectivity index (χ0n) is 30.8. The minimum atomic E-state index is -0.469. The number of non-ortho nitro benzene ring substituents is 1. The molecule has 2 aliphatic rings. The number of benzene rings is 3. The number of allylic oxidation sites excluding steroid dienone is 2. The largest absolute Gasteiger partial charge is 0.497 e. The van der Waals surface area contributed by atoms with Crippen molar-refractivity contribution in [1.82, 2.24) is 0 Å². The van der Waals surface area contributed by atoms with Crippen molar-refractivity contribution < 1.29 is 33.4 Å². The molecule has 0 spiro atoms. The number of rotatable bonds is 16. The molecule has 0 unspecified atom stereocenters. The summed E-state index contributed by atoms with van der Waals surface area (Å²) in [6.45, 7) is 11.3. The van der Waals surface area contributed by atoms with Crippen molar-refractivity contribution in [2.75, 3.05) is 27.4 Å². The Morgan fingerprint density at radius 3 is 1.90 bits per heavy atom. The molecule has 0 saturated heterocycles. The van der Waals surface area contributed by atoms with Crippen molar-refractivity contribution in [3.05, 3.63) is 111 Å². The van der Waals surface area contributed by atoms with Gasteiger partial charge in [0.05, 0.1) is 44.5 Å². The summed E-state index contributed by atoms with van der Waals surface area (Å²) in [7, 11) is 3.33. The topological polar surface area (TPSA) is 106 Å². The normalized spacial score (nSPS) is 22.7. The van der Waals surface area contributed by atoms with E-state index in [9.17, 15) is 14.9 Å². The number of methoxy groups -OCH3 is 2. The van der Waals surface area contributed by atoms with Crippen LogP contribution >= 0.6 is 0 Å². The maximum atomic E-state index is 13.4. The van der Waals surface area contributed by atoms with Crippen LogP contribution in [0.4, 0.5) is 5.69 Å². The van der Waals surface area contributed by atoms with Gasteiger partial charge in [0, 0.05) is 18.7 Å². The summed E-state index contributed by atoms with van der Waals surface area (Å²) < 4.78 is 29.6. The van der Waals surface area contributed by atoms with Crippen molar-refractivity contribution in [3.63, 3.8) is 0 Å². The lowest BCUT2D eigenvalue weighted by Gasteiger charge is -2.50. The average Bonchev–Trinajstić information content (AvgIpc) is 3.13. The first-order valence-corrected chi connectivity index (χ1v) is 18.1. The van der Waals surface area contributed by atoms with Crippen LogP contribution in [-0.2, 0) is 27.4 Å². The molecule has 3 aromatic carbocycles. The molecular weight excluding hydrogens is 646 g/mol. The number of carbonyl (C=O) groups excluding carboxylic acids is 1. The van der Waals surface area contributed by atoms with E-state index in [0.717, 1.165) is 41.9 Å². The van der Waals surface area contributed by atoms with Crippen molar-refractivity contribution in [1.29, 1.82) is 0 Å². The van der Waals surface area contributed by atoms with Crippen molar-refractivity contribution in [2.24, 2.45) is 41.4 Å². The van der Waals surface area contributed by atoms with Gasteiger partial charge in [-0.2, -0.15) is 0 Å². The van der Waals surface area contributed by atoms with Crippen LogP contribution in [0.2, 0.25) is 0 Å². The second-order valence-electron chi connectivity index (χ2n) is 14.7. The van der Waals surface area contributed by atoms with E-state index in [-0.39, 0.29) is 23.6 Å². The van der Waals surface area contributed by atoms with Gasteiger partial charge in [-0.25, -0.2) is 4.79 Å². The molecule has 9 nitrogen and oxygen atoms in total. The second-order valence-corrected chi connectivity index (χ2v) is 14.7. The molecule has 7 atom stereocenters. The Hall–Kier alpha value is -4.21. The Morgan fingerprint density at radius 2 is 1.37 bits per heavy atom. The van der Waals surface area contributed by atoms with Gasteiger partial charge in [-0.1, -0.05) is 56.7 Å². The van der Waals surface area contributed by atoms with E-state index < -0.39 is 10.9 Å². The summed E-state index contributed by atoms with van der Waals surface area (Å²) in [6.07, 6.45) is 4.66. The summed E-state index contributed by atoms with van der Waals surface area (Å²) in [6, 6.07) is 21.6. The first-order valence-electron chi connectivity index (χ1n) is 18.1. The molecule has 274 valence electrons. The lowest BCUT2D eigenvalue weighted by Crippen LogP contribution is -2.47. The molecule has 51 heavy (non-hydrogen) atoms. The van der Waals surface area contributed by atoms with Crippen LogP contribution in [0.15, 0.2) is 84.4 Å². The van der Waals surface area contributed by atoms with Gasteiger partial charge in [0.1, 0.15) is 17.6 Å². The van der Waals surface area contributed by atoms with Crippen LogP contribution in [0.1, 0.15) is 68.4 Å². The van der Waals surface area contributed by atoms with Gasteiger partial charge in [0.25, 0.3) is 5.69 Å². The van der Waals surface area contributed by atoms with E-state index in [1.54, 1.807) is 14.2 Å². The Kier molecular flexibility index (Phi) is 13.3. The number of ether oxygens (including phenoxy) is 5. The summed E-state index contributed by atoms with van der Waals surface area (Å²) in [5.74, 6) is 3.31. The smallest absolute Gasteiger partial charge is 0.338 e. The maximum absolute atomic E-state index is 13.4. The van der Waals surface area contributed by atoms with Crippen molar-refractivity contribution in [2.45, 2.75) is 66.3 Å². The van der Waals surface area contributed by atoms with Crippen LogP contribution in [0, 0.1) is 51.5 Å². The number of fused-ring (bicyclic) bond motifs is 1. The molecule has 0 N–H and O–H groups in total. The van der Waals surface area contributed by atoms with Gasteiger partial charge in [0.15, 0.2) is 0 Å². The van der Waals surface area contributed by atoms with Crippen LogP contribution in [0.3, 0.4) is 0 Å². The molecule has 0 aliphatic heterocycles. The average molecular weight is 700 g/mol. The fraction of sp³-hybridized carbons (Fsp3) is 0.500. The molecule has 1 fully saturated rings. The highest BCUT2D eigenvalue weighted by molar-refractivity contribution is 5.89. The minimum absolute atomic E-state index is 0.0586. The van der Waals surface area contributed by atoms with Gasteiger partial charge in [-0.3, -0.25) is 10.1 Å². The zero-order valence-corrected chi connectivity index (χ0v) is 30.8. The van der Waals surface area contributed by atoms with Gasteiger partial charge in [-0.05, 0) is 115 Å². The van der Waals surface area contributed by atoms with E-state index in [1.165, 1.54) is 29.8 Å². The molecule has 0 radical (unpaired) electrons. The molecule has 0 amide bonds. The number of nitrogens with zero attached hydrogens (tertiary/aromatic N) is 1. The van der Waals surface area contributed by atoms with E-state index >= 15 is 0 Å². The minimum Gasteiger partial charge on any atom is -0.497 e. The van der Waals surface area contributed by atoms with Gasteiger partial charge >= 0.3 is 5.97 Å². The number of esters is 1. The summed E-state index contributed by atoms with van der Waals surface area (Å²) in [5, 5.41) is 11.2. The Bertz CT molecular complexity index is 1600. The molecular formula is C42H53NO8. The molecule has 5 rings (SSSR count). The SMILES string of the molecule is COc1ccc(COC[C@@H](C)[C@@H]2C[C@@H](OC(=O)c3ccc([N+](=O)[O-])cc3)C[C@H]3[C@@H]2C=C(C)C[C@H]3[C@H](COCc2ccc(OC)cc2)C(C)C)cc1. The molecule has 0 heterocycles. The quantitative estimate of drug-likeness (QED) is 0.0631. The van der Waals surface area contributed by atoms with E-state index in [4.69, 9.17) is 23.7 Å². The zero-order chi connectivity index (χ0) is 36.5. The fourth-order valence-electron chi connectivity index (χ4n) is 8.13. The predicted molar refractivity (Wildman–Crippen MR) is 197 cm³/mol. The van der Waals surface area contributed by atoms with Gasteiger partial charge in [-0.15, -0.1) is 0 Å². The third kappa shape index (κ3) is 9.98. The van der Waals surface area contributed by atoms with E-state index in [2.05, 4.69) is 33.8 Å². The maximum Gasteiger partial charge on any atom is 0.338 e. The molecule has 3 aromatic rings. The van der Waals surface area contributed by atoms with Crippen molar-refractivity contribution >= 4 is 11.7 Å². The summed E-state index contributed by atoms with van der Waals surface area (Å²) in [5.41, 5.74) is 3.85.